The molecule has 0 bridgehead atoms. The second kappa shape index (κ2) is 3.87. The topological polar surface area (TPSA) is 34.9 Å². The molecule has 0 atom stereocenters. The zero-order valence-corrected chi connectivity index (χ0v) is 10.7. The van der Waals surface area contributed by atoms with E-state index in [1.54, 1.807) is 11.3 Å². The lowest BCUT2D eigenvalue weighted by atomic mass is 10.3. The normalized spacial score (nSPS) is 10.8. The fraction of sp³-hybridized carbons (Fsp3) is 0.333. The zero-order valence-electron chi connectivity index (χ0n) is 9.87. The van der Waals surface area contributed by atoms with E-state index in [0.29, 0.717) is 0 Å². The molecule has 2 heterocycles. The minimum atomic E-state index is 0.739. The molecule has 0 aliphatic heterocycles. The minimum absolute atomic E-state index is 0.739. The van der Waals surface area contributed by atoms with Crippen molar-refractivity contribution in [2.75, 3.05) is 0 Å². The molecule has 0 N–H and O–H groups in total. The van der Waals surface area contributed by atoms with Crippen LogP contribution in [-0.4, -0.2) is 15.8 Å². The van der Waals surface area contributed by atoms with E-state index >= 15 is 0 Å². The first-order valence-electron chi connectivity index (χ1n) is 5.13. The molecule has 3 nitrogen and oxygen atoms in total. The van der Waals surface area contributed by atoms with E-state index in [1.807, 2.05) is 31.4 Å². The van der Waals surface area contributed by atoms with Crippen LogP contribution in [0.3, 0.4) is 0 Å². The van der Waals surface area contributed by atoms with Crippen LogP contribution < -0.4 is 0 Å². The van der Waals surface area contributed by atoms with Crippen molar-refractivity contribution < 1.29 is 4.79 Å². The van der Waals surface area contributed by atoms with Gasteiger partial charge in [-0.1, -0.05) is 0 Å². The van der Waals surface area contributed by atoms with Gasteiger partial charge in [0.25, 0.3) is 0 Å². The first-order valence-corrected chi connectivity index (χ1v) is 5.94. The summed E-state index contributed by atoms with van der Waals surface area (Å²) in [6.07, 6.45) is 0.895. The molecule has 0 aliphatic carbocycles. The Hall–Kier alpha value is -1.42. The van der Waals surface area contributed by atoms with E-state index in [0.717, 1.165) is 34.1 Å². The van der Waals surface area contributed by atoms with Crippen molar-refractivity contribution in [1.29, 1.82) is 0 Å². The van der Waals surface area contributed by atoms with Crippen molar-refractivity contribution in [1.82, 2.24) is 9.55 Å². The molecule has 16 heavy (non-hydrogen) atoms. The Bertz CT molecular complexity index is 532. The number of aromatic nitrogens is 2. The van der Waals surface area contributed by atoms with Crippen molar-refractivity contribution in [3.63, 3.8) is 0 Å². The molecule has 0 aromatic carbocycles. The standard InChI is InChI=1S/C12H14N2OS/c1-7-5-11(6-15)9(3)14(7)12-13-8(2)10(4)16-12/h5-6H,1-4H3. The van der Waals surface area contributed by atoms with E-state index < -0.39 is 0 Å². The van der Waals surface area contributed by atoms with Gasteiger partial charge in [0, 0.05) is 21.8 Å². The Morgan fingerprint density at radius 3 is 2.44 bits per heavy atom. The summed E-state index contributed by atoms with van der Waals surface area (Å²) >= 11 is 1.66. The van der Waals surface area contributed by atoms with Crippen molar-refractivity contribution >= 4 is 17.6 Å². The first-order chi connectivity index (χ1) is 7.54. The van der Waals surface area contributed by atoms with Crippen molar-refractivity contribution in [3.8, 4) is 5.13 Å². The van der Waals surface area contributed by atoms with E-state index in [4.69, 9.17) is 0 Å². The predicted molar refractivity (Wildman–Crippen MR) is 65.8 cm³/mol. The molecule has 0 fully saturated rings. The van der Waals surface area contributed by atoms with Gasteiger partial charge in [0.05, 0.1) is 5.69 Å². The number of thiazole rings is 1. The Morgan fingerprint density at radius 2 is 2.00 bits per heavy atom. The summed E-state index contributed by atoms with van der Waals surface area (Å²) in [4.78, 5) is 16.6. The largest absolute Gasteiger partial charge is 0.298 e. The summed E-state index contributed by atoms with van der Waals surface area (Å²) in [6.45, 7) is 8.00. The molecule has 4 heteroatoms. The highest BCUT2D eigenvalue weighted by Crippen LogP contribution is 2.25. The average Bonchev–Trinajstić information content (AvgIpc) is 2.69. The number of carbonyl (C=O) groups excluding carboxylic acids is 1. The Morgan fingerprint density at radius 1 is 1.31 bits per heavy atom. The molecule has 2 rings (SSSR count). The maximum atomic E-state index is 10.9. The lowest BCUT2D eigenvalue weighted by Gasteiger charge is -2.04. The first kappa shape index (κ1) is 11.1. The van der Waals surface area contributed by atoms with Gasteiger partial charge in [-0.2, -0.15) is 0 Å². The van der Waals surface area contributed by atoms with Gasteiger partial charge in [-0.25, -0.2) is 4.98 Å². The van der Waals surface area contributed by atoms with E-state index in [1.165, 1.54) is 4.88 Å². The molecule has 0 amide bonds. The lowest BCUT2D eigenvalue weighted by molar-refractivity contribution is 0.112. The van der Waals surface area contributed by atoms with Gasteiger partial charge >= 0.3 is 0 Å². The maximum Gasteiger partial charge on any atom is 0.194 e. The Kier molecular flexibility index (Phi) is 2.68. The highest BCUT2D eigenvalue weighted by molar-refractivity contribution is 7.14. The van der Waals surface area contributed by atoms with Crippen LogP contribution in [0.25, 0.3) is 5.13 Å². The predicted octanol–water partition coefficient (Wildman–Crippen LogP) is 2.98. The Labute approximate surface area is 98.8 Å². The number of nitrogens with zero attached hydrogens (tertiary/aromatic N) is 2. The van der Waals surface area contributed by atoms with E-state index in [9.17, 15) is 4.79 Å². The number of carbonyl (C=O) groups is 1. The third-order valence-electron chi connectivity index (χ3n) is 2.81. The molecule has 0 saturated heterocycles. The summed E-state index contributed by atoms with van der Waals surface area (Å²) < 4.78 is 2.04. The summed E-state index contributed by atoms with van der Waals surface area (Å²) in [5.74, 6) is 0. The molecule has 0 saturated carbocycles. The summed E-state index contributed by atoms with van der Waals surface area (Å²) in [7, 11) is 0. The van der Waals surface area contributed by atoms with Crippen LogP contribution in [0.15, 0.2) is 6.07 Å². The van der Waals surface area contributed by atoms with Crippen molar-refractivity contribution in [2.24, 2.45) is 0 Å². The van der Waals surface area contributed by atoms with Crippen LogP contribution in [0.1, 0.15) is 32.3 Å². The third-order valence-corrected chi connectivity index (χ3v) is 3.86. The van der Waals surface area contributed by atoms with Crippen LogP contribution in [0.5, 0.6) is 0 Å². The van der Waals surface area contributed by atoms with Crippen LogP contribution in [0.2, 0.25) is 0 Å². The van der Waals surface area contributed by atoms with Crippen LogP contribution in [0.4, 0.5) is 0 Å². The third kappa shape index (κ3) is 1.59. The zero-order chi connectivity index (χ0) is 11.9. The van der Waals surface area contributed by atoms with E-state index in [-0.39, 0.29) is 0 Å². The Balaban J connectivity index is 2.63. The maximum absolute atomic E-state index is 10.9. The van der Waals surface area contributed by atoms with Gasteiger partial charge in [-0.3, -0.25) is 9.36 Å². The monoisotopic (exact) mass is 234 g/mol. The van der Waals surface area contributed by atoms with E-state index in [2.05, 4.69) is 11.9 Å². The van der Waals surface area contributed by atoms with Gasteiger partial charge in [0.1, 0.15) is 0 Å². The SMILES string of the molecule is Cc1nc(-n2c(C)cc(C=O)c2C)sc1C. The van der Waals surface area contributed by atoms with Crippen molar-refractivity contribution in [2.45, 2.75) is 27.7 Å². The number of rotatable bonds is 2. The number of aldehydes is 1. The molecule has 84 valence electrons. The van der Waals surface area contributed by atoms with Crippen molar-refractivity contribution in [3.05, 3.63) is 33.6 Å². The molecular formula is C12H14N2OS. The van der Waals surface area contributed by atoms with Gasteiger partial charge < -0.3 is 0 Å². The highest BCUT2D eigenvalue weighted by atomic mass is 32.1. The number of hydrogen-bond acceptors (Lipinski definition) is 3. The summed E-state index contributed by atoms with van der Waals surface area (Å²) in [5.41, 5.74) is 3.80. The van der Waals surface area contributed by atoms with Crippen LogP contribution in [0, 0.1) is 27.7 Å². The smallest absolute Gasteiger partial charge is 0.194 e. The molecule has 0 unspecified atom stereocenters. The molecule has 2 aromatic rings. The van der Waals surface area contributed by atoms with Gasteiger partial charge in [-0.15, -0.1) is 11.3 Å². The van der Waals surface area contributed by atoms with Gasteiger partial charge in [0.15, 0.2) is 11.4 Å². The second-order valence-corrected chi connectivity index (χ2v) is 5.10. The van der Waals surface area contributed by atoms with Gasteiger partial charge in [0.2, 0.25) is 0 Å². The molecular weight excluding hydrogens is 220 g/mol. The highest BCUT2D eigenvalue weighted by Gasteiger charge is 2.13. The fourth-order valence-corrected chi connectivity index (χ4v) is 2.77. The summed E-state index contributed by atoms with van der Waals surface area (Å²) in [5, 5.41) is 0.943. The fourth-order valence-electron chi connectivity index (χ4n) is 1.75. The average molecular weight is 234 g/mol. The minimum Gasteiger partial charge on any atom is -0.298 e. The molecule has 0 spiro atoms. The lowest BCUT2D eigenvalue weighted by Crippen LogP contribution is -1.98. The molecule has 0 radical (unpaired) electrons. The molecule has 0 aliphatic rings. The van der Waals surface area contributed by atoms with Gasteiger partial charge in [-0.05, 0) is 33.8 Å². The van der Waals surface area contributed by atoms with Crippen LogP contribution >= 0.6 is 11.3 Å². The summed E-state index contributed by atoms with van der Waals surface area (Å²) in [6, 6.07) is 1.90. The quantitative estimate of drug-likeness (QED) is 0.749. The number of aryl methyl sites for hydroxylation is 3. The second-order valence-electron chi connectivity index (χ2n) is 3.92. The molecule has 2 aromatic heterocycles. The van der Waals surface area contributed by atoms with Crippen LogP contribution in [-0.2, 0) is 0 Å². The number of hydrogen-bond donors (Lipinski definition) is 0.